The Morgan fingerprint density at radius 3 is 2.89 bits per heavy atom. The van der Waals surface area contributed by atoms with E-state index in [4.69, 9.17) is 5.21 Å². The molecule has 0 saturated heterocycles. The Morgan fingerprint density at radius 1 is 1.39 bits per heavy atom. The van der Waals surface area contributed by atoms with Crippen LogP contribution in [-0.4, -0.2) is 25.4 Å². The molecule has 0 radical (unpaired) electrons. The highest BCUT2D eigenvalue weighted by Gasteiger charge is 2.16. The van der Waals surface area contributed by atoms with E-state index in [1.54, 1.807) is 18.3 Å². The molecule has 1 aromatic carbocycles. The summed E-state index contributed by atoms with van der Waals surface area (Å²) >= 11 is 1.64. The maximum absolute atomic E-state index is 11.9. The average molecular weight is 285 g/mol. The molecule has 2 N–H and O–H groups in total. The standard InChI is InChI=1S/C12H15NO3S2/c1-9(13-14)7-18(15,16)8-10-2-3-12-11(6-10)4-5-17-12/h2-6,9,13-14H,7-8H2,1H3. The summed E-state index contributed by atoms with van der Waals surface area (Å²) < 4.78 is 24.9. The first-order valence-electron chi connectivity index (χ1n) is 5.56. The second kappa shape index (κ2) is 5.36. The Balaban J connectivity index is 2.17. The van der Waals surface area contributed by atoms with Crippen molar-refractivity contribution in [1.82, 2.24) is 5.48 Å². The molecule has 1 unspecified atom stereocenters. The third-order valence-corrected chi connectivity index (χ3v) is 5.31. The zero-order valence-corrected chi connectivity index (χ0v) is 11.6. The fraction of sp³-hybridized carbons (Fsp3) is 0.333. The molecule has 98 valence electrons. The van der Waals surface area contributed by atoms with Crippen LogP contribution in [0, 0.1) is 0 Å². The van der Waals surface area contributed by atoms with Gasteiger partial charge >= 0.3 is 0 Å². The topological polar surface area (TPSA) is 66.4 Å². The van der Waals surface area contributed by atoms with E-state index >= 15 is 0 Å². The van der Waals surface area contributed by atoms with Gasteiger partial charge in [-0.05, 0) is 41.5 Å². The molecule has 6 heteroatoms. The lowest BCUT2D eigenvalue weighted by Gasteiger charge is -2.09. The lowest BCUT2D eigenvalue weighted by molar-refractivity contribution is 0.141. The summed E-state index contributed by atoms with van der Waals surface area (Å²) in [6.45, 7) is 1.62. The fourth-order valence-electron chi connectivity index (χ4n) is 1.84. The average Bonchev–Trinajstić information content (AvgIpc) is 2.74. The van der Waals surface area contributed by atoms with E-state index in [9.17, 15) is 8.42 Å². The van der Waals surface area contributed by atoms with Gasteiger partial charge in [0.15, 0.2) is 9.84 Å². The van der Waals surface area contributed by atoms with Crippen molar-refractivity contribution >= 4 is 31.3 Å². The third-order valence-electron chi connectivity index (χ3n) is 2.63. The molecule has 1 aromatic heterocycles. The van der Waals surface area contributed by atoms with Gasteiger partial charge in [-0.1, -0.05) is 6.07 Å². The van der Waals surface area contributed by atoms with Gasteiger partial charge in [-0.15, -0.1) is 11.3 Å². The molecular formula is C12H15NO3S2. The first-order chi connectivity index (χ1) is 8.50. The molecule has 0 spiro atoms. The number of fused-ring (bicyclic) bond motifs is 1. The summed E-state index contributed by atoms with van der Waals surface area (Å²) in [4.78, 5) is 0. The van der Waals surface area contributed by atoms with Crippen LogP contribution in [0.25, 0.3) is 10.1 Å². The highest BCUT2D eigenvalue weighted by atomic mass is 32.2. The Morgan fingerprint density at radius 2 is 2.17 bits per heavy atom. The van der Waals surface area contributed by atoms with Crippen LogP contribution < -0.4 is 5.48 Å². The van der Waals surface area contributed by atoms with Crippen molar-refractivity contribution in [2.24, 2.45) is 0 Å². The number of benzene rings is 1. The van der Waals surface area contributed by atoms with Gasteiger partial charge in [0.1, 0.15) is 0 Å². The maximum atomic E-state index is 11.9. The van der Waals surface area contributed by atoms with Crippen molar-refractivity contribution in [3.63, 3.8) is 0 Å². The van der Waals surface area contributed by atoms with Crippen LogP contribution in [0.3, 0.4) is 0 Å². The van der Waals surface area contributed by atoms with Crippen molar-refractivity contribution in [3.8, 4) is 0 Å². The van der Waals surface area contributed by atoms with Crippen LogP contribution in [0.5, 0.6) is 0 Å². The monoisotopic (exact) mass is 285 g/mol. The molecule has 0 amide bonds. The maximum Gasteiger partial charge on any atom is 0.156 e. The molecule has 0 bridgehead atoms. The molecule has 2 aromatic rings. The SMILES string of the molecule is CC(CS(=O)(=O)Cc1ccc2sccc2c1)NO. The predicted molar refractivity (Wildman–Crippen MR) is 73.7 cm³/mol. The summed E-state index contributed by atoms with van der Waals surface area (Å²) in [5.41, 5.74) is 2.74. The van der Waals surface area contributed by atoms with Crippen molar-refractivity contribution in [2.45, 2.75) is 18.7 Å². The van der Waals surface area contributed by atoms with Crippen LogP contribution in [0.2, 0.25) is 0 Å². The summed E-state index contributed by atoms with van der Waals surface area (Å²) in [5, 5.41) is 11.7. The highest BCUT2D eigenvalue weighted by molar-refractivity contribution is 7.90. The number of hydrogen-bond acceptors (Lipinski definition) is 5. The molecule has 0 saturated carbocycles. The first kappa shape index (κ1) is 13.5. The molecule has 0 fully saturated rings. The predicted octanol–water partition coefficient (Wildman–Crippen LogP) is 2.18. The zero-order valence-electron chi connectivity index (χ0n) is 9.96. The molecule has 4 nitrogen and oxygen atoms in total. The second-order valence-electron chi connectivity index (χ2n) is 4.38. The first-order valence-corrected chi connectivity index (χ1v) is 8.26. The van der Waals surface area contributed by atoms with Crippen molar-refractivity contribution in [1.29, 1.82) is 0 Å². The second-order valence-corrected chi connectivity index (χ2v) is 7.43. The minimum absolute atomic E-state index is 0.00477. The van der Waals surface area contributed by atoms with Gasteiger partial charge in [-0.25, -0.2) is 13.9 Å². The number of thiophene rings is 1. The number of nitrogens with one attached hydrogen (secondary N) is 1. The molecule has 0 aliphatic rings. The van der Waals surface area contributed by atoms with Crippen molar-refractivity contribution in [3.05, 3.63) is 35.2 Å². The Hall–Kier alpha value is -0.950. The minimum atomic E-state index is -3.22. The van der Waals surface area contributed by atoms with Gasteiger partial charge in [-0.3, -0.25) is 0 Å². The van der Waals surface area contributed by atoms with Gasteiger partial charge in [0.2, 0.25) is 0 Å². The van der Waals surface area contributed by atoms with Gasteiger partial charge in [0, 0.05) is 10.7 Å². The number of hydrogen-bond donors (Lipinski definition) is 2. The number of rotatable bonds is 5. The van der Waals surface area contributed by atoms with E-state index in [1.807, 2.05) is 35.1 Å². The molecule has 1 heterocycles. The molecule has 0 aliphatic heterocycles. The van der Waals surface area contributed by atoms with E-state index in [0.717, 1.165) is 15.6 Å². The summed E-state index contributed by atoms with van der Waals surface area (Å²) in [5.74, 6) is -0.0734. The minimum Gasteiger partial charge on any atom is -0.317 e. The summed E-state index contributed by atoms with van der Waals surface area (Å²) in [6, 6.07) is 7.21. The van der Waals surface area contributed by atoms with Crippen molar-refractivity contribution < 1.29 is 13.6 Å². The lowest BCUT2D eigenvalue weighted by atomic mass is 10.2. The molecule has 2 rings (SSSR count). The Kier molecular flexibility index (Phi) is 4.01. The van der Waals surface area contributed by atoms with Gasteiger partial charge < -0.3 is 5.21 Å². The van der Waals surface area contributed by atoms with Crippen LogP contribution in [0.15, 0.2) is 29.6 Å². The summed E-state index contributed by atoms with van der Waals surface area (Å²) in [6.07, 6.45) is 0. The van der Waals surface area contributed by atoms with Crippen LogP contribution in [0.4, 0.5) is 0 Å². The van der Waals surface area contributed by atoms with Gasteiger partial charge in [0.25, 0.3) is 0 Å². The zero-order chi connectivity index (χ0) is 13.2. The van der Waals surface area contributed by atoms with E-state index in [2.05, 4.69) is 0 Å². The van der Waals surface area contributed by atoms with E-state index in [1.165, 1.54) is 0 Å². The fourth-order valence-corrected chi connectivity index (χ4v) is 4.25. The summed E-state index contributed by atoms with van der Waals surface area (Å²) in [7, 11) is -3.22. The number of sulfone groups is 1. The van der Waals surface area contributed by atoms with Gasteiger partial charge in [0.05, 0.1) is 11.5 Å². The smallest absolute Gasteiger partial charge is 0.156 e. The van der Waals surface area contributed by atoms with E-state index in [-0.39, 0.29) is 11.5 Å². The highest BCUT2D eigenvalue weighted by Crippen LogP contribution is 2.22. The molecule has 18 heavy (non-hydrogen) atoms. The van der Waals surface area contributed by atoms with Crippen molar-refractivity contribution in [2.75, 3.05) is 5.75 Å². The Labute approximate surface area is 110 Å². The van der Waals surface area contributed by atoms with E-state index in [0.29, 0.717) is 0 Å². The molecular weight excluding hydrogens is 270 g/mol. The molecule has 1 atom stereocenters. The van der Waals surface area contributed by atoms with Crippen LogP contribution in [0.1, 0.15) is 12.5 Å². The van der Waals surface area contributed by atoms with Crippen LogP contribution in [-0.2, 0) is 15.6 Å². The number of hydroxylamine groups is 1. The lowest BCUT2D eigenvalue weighted by Crippen LogP contribution is -2.30. The normalized spacial score (nSPS) is 13.9. The Bertz CT molecular complexity index is 634. The largest absolute Gasteiger partial charge is 0.317 e. The third kappa shape index (κ3) is 3.29. The molecule has 0 aliphatic carbocycles. The quantitative estimate of drug-likeness (QED) is 0.826. The van der Waals surface area contributed by atoms with Gasteiger partial charge in [-0.2, -0.15) is 0 Å². The van der Waals surface area contributed by atoms with E-state index < -0.39 is 15.9 Å². The van der Waals surface area contributed by atoms with Crippen LogP contribution >= 0.6 is 11.3 Å².